The third-order valence-electron chi connectivity index (χ3n) is 3.59. The zero-order chi connectivity index (χ0) is 14.8. The maximum atomic E-state index is 13.3. The van der Waals surface area contributed by atoms with Crippen molar-refractivity contribution in [2.24, 2.45) is 10.4 Å². The first-order valence-corrected chi connectivity index (χ1v) is 8.07. The van der Waals surface area contributed by atoms with Crippen molar-refractivity contribution in [3.8, 4) is 0 Å². The van der Waals surface area contributed by atoms with E-state index in [4.69, 9.17) is 4.99 Å². The van der Waals surface area contributed by atoms with Crippen LogP contribution in [-0.4, -0.2) is 17.0 Å². The van der Waals surface area contributed by atoms with Crippen LogP contribution < -0.4 is 5.32 Å². The second-order valence-electron chi connectivity index (χ2n) is 6.37. The average Bonchev–Trinajstić information content (AvgIpc) is 2.38. The number of nitrogens with one attached hydrogen (secondary N) is 1. The summed E-state index contributed by atoms with van der Waals surface area (Å²) in [7, 11) is 0. The van der Waals surface area contributed by atoms with Gasteiger partial charge in [0.15, 0.2) is 5.17 Å². The van der Waals surface area contributed by atoms with Gasteiger partial charge in [0.1, 0.15) is 5.82 Å². The van der Waals surface area contributed by atoms with Crippen LogP contribution in [0.15, 0.2) is 29.3 Å². The second kappa shape index (κ2) is 6.17. The van der Waals surface area contributed by atoms with Gasteiger partial charge < -0.3 is 5.32 Å². The SMILES string of the molecule is CC(NC1=NC(C(C)(C)C)CCS1)c1cccc(F)c1. The number of halogens is 1. The van der Waals surface area contributed by atoms with Crippen LogP contribution in [0.3, 0.4) is 0 Å². The Morgan fingerprint density at radius 1 is 1.40 bits per heavy atom. The topological polar surface area (TPSA) is 24.4 Å². The fourth-order valence-corrected chi connectivity index (χ4v) is 3.26. The molecular formula is C16H23FN2S. The monoisotopic (exact) mass is 294 g/mol. The van der Waals surface area contributed by atoms with Crippen molar-refractivity contribution >= 4 is 16.9 Å². The zero-order valence-electron chi connectivity index (χ0n) is 12.6. The minimum absolute atomic E-state index is 0.0654. The van der Waals surface area contributed by atoms with Crippen LogP contribution in [0, 0.1) is 11.2 Å². The molecular weight excluding hydrogens is 271 g/mol. The smallest absolute Gasteiger partial charge is 0.157 e. The summed E-state index contributed by atoms with van der Waals surface area (Å²) in [6, 6.07) is 7.15. The van der Waals surface area contributed by atoms with Crippen LogP contribution in [-0.2, 0) is 0 Å². The van der Waals surface area contributed by atoms with Crippen molar-refractivity contribution in [1.82, 2.24) is 5.32 Å². The van der Waals surface area contributed by atoms with Crippen molar-refractivity contribution in [3.63, 3.8) is 0 Å². The molecule has 2 nitrogen and oxygen atoms in total. The molecule has 110 valence electrons. The summed E-state index contributed by atoms with van der Waals surface area (Å²) in [6.07, 6.45) is 1.12. The molecule has 0 amide bonds. The van der Waals surface area contributed by atoms with Gasteiger partial charge in [0.25, 0.3) is 0 Å². The average molecular weight is 294 g/mol. The van der Waals surface area contributed by atoms with Gasteiger partial charge in [0.2, 0.25) is 0 Å². The van der Waals surface area contributed by atoms with E-state index in [1.807, 2.05) is 13.0 Å². The van der Waals surface area contributed by atoms with E-state index in [9.17, 15) is 4.39 Å². The molecule has 20 heavy (non-hydrogen) atoms. The molecule has 0 spiro atoms. The molecule has 1 aliphatic heterocycles. The Morgan fingerprint density at radius 3 is 2.80 bits per heavy atom. The predicted octanol–water partition coefficient (Wildman–Crippen LogP) is 4.38. The van der Waals surface area contributed by atoms with Gasteiger partial charge >= 0.3 is 0 Å². The van der Waals surface area contributed by atoms with Crippen LogP contribution in [0.1, 0.15) is 45.7 Å². The quantitative estimate of drug-likeness (QED) is 0.875. The van der Waals surface area contributed by atoms with E-state index < -0.39 is 0 Å². The van der Waals surface area contributed by atoms with E-state index in [0.29, 0.717) is 6.04 Å². The van der Waals surface area contributed by atoms with Crippen LogP contribution in [0.25, 0.3) is 0 Å². The molecule has 4 heteroatoms. The first-order valence-electron chi connectivity index (χ1n) is 7.09. The molecule has 1 heterocycles. The third-order valence-corrected chi connectivity index (χ3v) is 4.53. The fourth-order valence-electron chi connectivity index (χ4n) is 2.26. The minimum atomic E-state index is -0.193. The number of nitrogens with zero attached hydrogens (tertiary/aromatic N) is 1. The van der Waals surface area contributed by atoms with Crippen molar-refractivity contribution < 1.29 is 4.39 Å². The molecule has 1 aromatic carbocycles. The summed E-state index contributed by atoms with van der Waals surface area (Å²) in [5.74, 6) is 0.894. The highest BCUT2D eigenvalue weighted by molar-refractivity contribution is 8.13. The first kappa shape index (κ1) is 15.4. The second-order valence-corrected chi connectivity index (χ2v) is 7.46. The summed E-state index contributed by atoms with van der Waals surface area (Å²) in [5.41, 5.74) is 1.14. The molecule has 0 saturated heterocycles. The number of rotatable bonds is 2. The molecule has 2 rings (SSSR count). The molecule has 0 bridgehead atoms. The molecule has 0 aliphatic carbocycles. The highest BCUT2D eigenvalue weighted by Crippen LogP contribution is 2.30. The number of hydrogen-bond donors (Lipinski definition) is 1. The molecule has 0 fully saturated rings. The van der Waals surface area contributed by atoms with E-state index in [-0.39, 0.29) is 17.3 Å². The minimum Gasteiger partial charge on any atom is -0.358 e. The Morgan fingerprint density at radius 2 is 2.15 bits per heavy atom. The lowest BCUT2D eigenvalue weighted by Gasteiger charge is -2.31. The third kappa shape index (κ3) is 3.98. The maximum absolute atomic E-state index is 13.3. The summed E-state index contributed by atoms with van der Waals surface area (Å²) in [5, 5.41) is 4.39. The number of benzene rings is 1. The number of amidine groups is 1. The van der Waals surface area contributed by atoms with Crippen molar-refractivity contribution in [3.05, 3.63) is 35.6 Å². The Balaban J connectivity index is 2.07. The molecule has 0 radical (unpaired) electrons. The van der Waals surface area contributed by atoms with Crippen LogP contribution in [0.2, 0.25) is 0 Å². The molecule has 1 aliphatic rings. The Kier molecular flexibility index (Phi) is 4.74. The summed E-state index contributed by atoms with van der Waals surface area (Å²) in [6.45, 7) is 8.72. The van der Waals surface area contributed by atoms with Crippen LogP contribution in [0.5, 0.6) is 0 Å². The van der Waals surface area contributed by atoms with Crippen LogP contribution >= 0.6 is 11.8 Å². The van der Waals surface area contributed by atoms with Gasteiger partial charge in [-0.15, -0.1) is 0 Å². The highest BCUT2D eigenvalue weighted by atomic mass is 32.2. The van der Waals surface area contributed by atoms with Gasteiger partial charge in [-0.1, -0.05) is 44.7 Å². The van der Waals surface area contributed by atoms with Gasteiger partial charge in [-0.3, -0.25) is 4.99 Å². The Labute approximate surface area is 125 Å². The van der Waals surface area contributed by atoms with E-state index in [0.717, 1.165) is 22.9 Å². The number of hydrogen-bond acceptors (Lipinski definition) is 3. The molecule has 1 N–H and O–H groups in total. The molecule has 2 atom stereocenters. The van der Waals surface area contributed by atoms with E-state index in [1.165, 1.54) is 6.07 Å². The number of thioether (sulfide) groups is 1. The van der Waals surface area contributed by atoms with E-state index in [1.54, 1.807) is 23.9 Å². The molecule has 1 aromatic rings. The van der Waals surface area contributed by atoms with Gasteiger partial charge in [-0.25, -0.2) is 4.39 Å². The summed E-state index contributed by atoms with van der Waals surface area (Å²) < 4.78 is 13.3. The Bertz CT molecular complexity index is 493. The van der Waals surface area contributed by atoms with Crippen molar-refractivity contribution in [1.29, 1.82) is 0 Å². The lowest BCUT2D eigenvalue weighted by molar-refractivity contribution is 0.315. The fraction of sp³-hybridized carbons (Fsp3) is 0.562. The largest absolute Gasteiger partial charge is 0.358 e. The van der Waals surface area contributed by atoms with Crippen LogP contribution in [0.4, 0.5) is 4.39 Å². The van der Waals surface area contributed by atoms with Crippen molar-refractivity contribution in [2.75, 3.05) is 5.75 Å². The lowest BCUT2D eigenvalue weighted by atomic mass is 9.85. The molecule has 2 unspecified atom stereocenters. The van der Waals surface area contributed by atoms with E-state index in [2.05, 4.69) is 26.1 Å². The van der Waals surface area contributed by atoms with Gasteiger partial charge in [-0.05, 0) is 36.5 Å². The zero-order valence-corrected chi connectivity index (χ0v) is 13.4. The summed E-state index contributed by atoms with van der Waals surface area (Å²) >= 11 is 1.76. The van der Waals surface area contributed by atoms with Gasteiger partial charge in [0, 0.05) is 5.75 Å². The summed E-state index contributed by atoms with van der Waals surface area (Å²) in [4.78, 5) is 4.82. The predicted molar refractivity (Wildman–Crippen MR) is 85.7 cm³/mol. The number of aliphatic imine (C=N–C) groups is 1. The Hall–Kier alpha value is -1.03. The highest BCUT2D eigenvalue weighted by Gasteiger charge is 2.27. The van der Waals surface area contributed by atoms with Gasteiger partial charge in [0.05, 0.1) is 12.1 Å². The van der Waals surface area contributed by atoms with Gasteiger partial charge in [-0.2, -0.15) is 0 Å². The molecule has 0 saturated carbocycles. The van der Waals surface area contributed by atoms with E-state index >= 15 is 0 Å². The maximum Gasteiger partial charge on any atom is 0.157 e. The standard InChI is InChI=1S/C16H23FN2S/c1-11(12-6-5-7-13(17)10-12)18-15-19-14(8-9-20-15)16(2,3)4/h5-7,10-11,14H,8-9H2,1-4H3,(H,18,19). The molecule has 0 aromatic heterocycles. The normalized spacial score (nSPS) is 21.2. The first-order chi connectivity index (χ1) is 9.36. The lowest BCUT2D eigenvalue weighted by Crippen LogP contribution is -2.34. The van der Waals surface area contributed by atoms with Crippen molar-refractivity contribution in [2.45, 2.75) is 46.2 Å².